The van der Waals surface area contributed by atoms with Gasteiger partial charge in [-0.2, -0.15) is 22.5 Å². The number of hydrogen-bond acceptors (Lipinski definition) is 6. The number of hydrogen-bond donors (Lipinski definition) is 1. The van der Waals surface area contributed by atoms with Crippen LogP contribution in [-0.2, 0) is 11.0 Å². The quantitative estimate of drug-likeness (QED) is 0.668. The number of aromatic nitrogens is 2. The van der Waals surface area contributed by atoms with Crippen LogP contribution in [0, 0.1) is 6.92 Å². The van der Waals surface area contributed by atoms with E-state index in [0.29, 0.717) is 17.1 Å². The van der Waals surface area contributed by atoms with Gasteiger partial charge in [0.2, 0.25) is 11.0 Å². The minimum absolute atomic E-state index is 0.0144. The Kier molecular flexibility index (Phi) is 5.17. The first-order valence-electron chi connectivity index (χ1n) is 6.75. The lowest BCUT2D eigenvalue weighted by molar-refractivity contribution is -0.144. The zero-order chi connectivity index (χ0) is 17.9. The molecule has 0 aliphatic rings. The standard InChI is InChI=1S/C14H12F3N3O3S/c1-3-9(21)23-10-7(2)5-4-6-8(10)11(22)18-13-19-12(20-24-13)14(15,16)17/h4-6H,3H2,1-2H3,(H,18,19,20,22). The van der Waals surface area contributed by atoms with Crippen LogP contribution in [0.2, 0.25) is 0 Å². The van der Waals surface area contributed by atoms with E-state index in [4.69, 9.17) is 4.74 Å². The number of benzene rings is 1. The van der Waals surface area contributed by atoms with E-state index in [1.165, 1.54) is 6.07 Å². The fraction of sp³-hybridized carbons (Fsp3) is 0.286. The summed E-state index contributed by atoms with van der Waals surface area (Å²) in [6.07, 6.45) is -4.58. The molecule has 10 heteroatoms. The van der Waals surface area contributed by atoms with E-state index < -0.39 is 23.9 Å². The van der Waals surface area contributed by atoms with Crippen LogP contribution in [0.25, 0.3) is 0 Å². The van der Waals surface area contributed by atoms with Crippen molar-refractivity contribution >= 4 is 28.5 Å². The summed E-state index contributed by atoms with van der Waals surface area (Å²) in [7, 11) is 0. The maximum absolute atomic E-state index is 12.5. The van der Waals surface area contributed by atoms with Crippen molar-refractivity contribution in [3.8, 4) is 5.75 Å². The van der Waals surface area contributed by atoms with Crippen molar-refractivity contribution < 1.29 is 27.5 Å². The molecule has 128 valence electrons. The predicted octanol–water partition coefficient (Wildman–Crippen LogP) is 3.43. The predicted molar refractivity (Wildman–Crippen MR) is 80.0 cm³/mol. The largest absolute Gasteiger partial charge is 0.452 e. The number of nitrogens with one attached hydrogen (secondary N) is 1. The molecule has 0 spiro atoms. The number of alkyl halides is 3. The summed E-state index contributed by atoms with van der Waals surface area (Å²) >= 11 is 0.407. The Hall–Kier alpha value is -2.49. The molecule has 0 saturated carbocycles. The molecule has 1 heterocycles. The fourth-order valence-electron chi connectivity index (χ4n) is 1.71. The van der Waals surface area contributed by atoms with E-state index in [9.17, 15) is 22.8 Å². The lowest BCUT2D eigenvalue weighted by Crippen LogP contribution is -2.16. The lowest BCUT2D eigenvalue weighted by atomic mass is 10.1. The highest BCUT2D eigenvalue weighted by Crippen LogP contribution is 2.30. The Morgan fingerprint density at radius 3 is 2.62 bits per heavy atom. The smallest absolute Gasteiger partial charge is 0.425 e. The van der Waals surface area contributed by atoms with Gasteiger partial charge in [-0.15, -0.1) is 0 Å². The molecule has 0 aliphatic carbocycles. The van der Waals surface area contributed by atoms with E-state index in [-0.39, 0.29) is 22.9 Å². The van der Waals surface area contributed by atoms with Crippen LogP contribution in [0.15, 0.2) is 18.2 Å². The minimum atomic E-state index is -4.69. The van der Waals surface area contributed by atoms with Crippen LogP contribution in [-0.4, -0.2) is 21.2 Å². The van der Waals surface area contributed by atoms with Crippen molar-refractivity contribution in [1.82, 2.24) is 9.36 Å². The van der Waals surface area contributed by atoms with Gasteiger partial charge in [-0.3, -0.25) is 14.9 Å². The summed E-state index contributed by atoms with van der Waals surface area (Å²) in [6, 6.07) is 4.60. The molecular weight excluding hydrogens is 347 g/mol. The van der Waals surface area contributed by atoms with Gasteiger partial charge in [0.1, 0.15) is 5.75 Å². The number of ether oxygens (including phenoxy) is 1. The normalized spacial score (nSPS) is 11.2. The third kappa shape index (κ3) is 4.07. The second-order valence-corrected chi connectivity index (χ2v) is 5.41. The third-order valence-electron chi connectivity index (χ3n) is 2.86. The van der Waals surface area contributed by atoms with Crippen LogP contribution >= 0.6 is 11.5 Å². The SMILES string of the molecule is CCC(=O)Oc1c(C)cccc1C(=O)Nc1nc(C(F)(F)F)ns1. The van der Waals surface area contributed by atoms with Crippen molar-refractivity contribution in [2.45, 2.75) is 26.4 Å². The molecular formula is C14H12F3N3O3S. The maximum Gasteiger partial charge on any atom is 0.452 e. The molecule has 0 unspecified atom stereocenters. The lowest BCUT2D eigenvalue weighted by Gasteiger charge is -2.11. The number of carbonyl (C=O) groups is 2. The second-order valence-electron chi connectivity index (χ2n) is 4.65. The first-order chi connectivity index (χ1) is 11.2. The summed E-state index contributed by atoms with van der Waals surface area (Å²) < 4.78 is 45.7. The van der Waals surface area contributed by atoms with Gasteiger partial charge in [0.25, 0.3) is 5.91 Å². The van der Waals surface area contributed by atoms with Crippen LogP contribution in [0.1, 0.15) is 35.1 Å². The molecule has 0 radical (unpaired) electrons. The Balaban J connectivity index is 2.25. The van der Waals surface area contributed by atoms with Crippen molar-refractivity contribution in [2.75, 3.05) is 5.32 Å². The molecule has 1 N–H and O–H groups in total. The number of halogens is 3. The van der Waals surface area contributed by atoms with Gasteiger partial charge >= 0.3 is 12.1 Å². The summed E-state index contributed by atoms with van der Waals surface area (Å²) in [6.45, 7) is 3.24. The van der Waals surface area contributed by atoms with Crippen molar-refractivity contribution in [2.24, 2.45) is 0 Å². The van der Waals surface area contributed by atoms with Crippen molar-refractivity contribution in [1.29, 1.82) is 0 Å². The Bertz CT molecular complexity index is 774. The summed E-state index contributed by atoms with van der Waals surface area (Å²) in [4.78, 5) is 27.0. The van der Waals surface area contributed by atoms with Crippen LogP contribution in [0.3, 0.4) is 0 Å². The van der Waals surface area contributed by atoms with Crippen LogP contribution < -0.4 is 10.1 Å². The van der Waals surface area contributed by atoms with E-state index in [1.54, 1.807) is 26.0 Å². The zero-order valence-electron chi connectivity index (χ0n) is 12.6. The van der Waals surface area contributed by atoms with E-state index in [1.807, 2.05) is 0 Å². The topological polar surface area (TPSA) is 81.2 Å². The highest BCUT2D eigenvalue weighted by atomic mass is 32.1. The fourth-order valence-corrected chi connectivity index (χ4v) is 2.29. The average Bonchev–Trinajstić information content (AvgIpc) is 2.97. The highest BCUT2D eigenvalue weighted by molar-refractivity contribution is 7.09. The molecule has 0 atom stereocenters. The Morgan fingerprint density at radius 1 is 1.33 bits per heavy atom. The number of esters is 1. The first-order valence-corrected chi connectivity index (χ1v) is 7.52. The van der Waals surface area contributed by atoms with Crippen molar-refractivity contribution in [3.05, 3.63) is 35.2 Å². The molecule has 0 saturated heterocycles. The van der Waals surface area contributed by atoms with Crippen LogP contribution in [0.5, 0.6) is 5.75 Å². The monoisotopic (exact) mass is 359 g/mol. The third-order valence-corrected chi connectivity index (χ3v) is 3.49. The molecule has 2 rings (SSSR count). The maximum atomic E-state index is 12.5. The minimum Gasteiger partial charge on any atom is -0.425 e. The van der Waals surface area contributed by atoms with Gasteiger partial charge in [0.05, 0.1) is 5.56 Å². The summed E-state index contributed by atoms with van der Waals surface area (Å²) in [5, 5.41) is 1.92. The Morgan fingerprint density at radius 2 is 2.04 bits per heavy atom. The first kappa shape index (κ1) is 17.9. The van der Waals surface area contributed by atoms with Crippen molar-refractivity contribution in [3.63, 3.8) is 0 Å². The number of amides is 1. The molecule has 0 aliphatic heterocycles. The highest BCUT2D eigenvalue weighted by Gasteiger charge is 2.36. The number of para-hydroxylation sites is 1. The van der Waals surface area contributed by atoms with Gasteiger partial charge in [-0.25, -0.2) is 0 Å². The summed E-state index contributed by atoms with van der Waals surface area (Å²) in [5.74, 6) is -2.55. The number of carbonyl (C=O) groups excluding carboxylic acids is 2. The average molecular weight is 359 g/mol. The second kappa shape index (κ2) is 6.95. The van der Waals surface area contributed by atoms with E-state index in [2.05, 4.69) is 14.7 Å². The number of aryl methyl sites for hydroxylation is 1. The van der Waals surface area contributed by atoms with E-state index in [0.717, 1.165) is 0 Å². The number of anilines is 1. The Labute approximate surface area is 138 Å². The molecule has 1 aromatic carbocycles. The molecule has 6 nitrogen and oxygen atoms in total. The van der Waals surface area contributed by atoms with Crippen LogP contribution in [0.4, 0.5) is 18.3 Å². The number of nitrogens with zero attached hydrogens (tertiary/aromatic N) is 2. The molecule has 0 bridgehead atoms. The van der Waals surface area contributed by atoms with Gasteiger partial charge in [0.15, 0.2) is 0 Å². The number of rotatable bonds is 4. The van der Waals surface area contributed by atoms with E-state index >= 15 is 0 Å². The molecule has 24 heavy (non-hydrogen) atoms. The molecule has 2 aromatic rings. The summed E-state index contributed by atoms with van der Waals surface area (Å²) in [5.41, 5.74) is 0.554. The van der Waals surface area contributed by atoms with Gasteiger partial charge in [-0.1, -0.05) is 19.1 Å². The zero-order valence-corrected chi connectivity index (χ0v) is 13.4. The van der Waals surface area contributed by atoms with Gasteiger partial charge < -0.3 is 4.74 Å². The van der Waals surface area contributed by atoms with Gasteiger partial charge in [0, 0.05) is 18.0 Å². The molecule has 1 amide bonds. The molecule has 1 aromatic heterocycles. The molecule has 0 fully saturated rings. The van der Waals surface area contributed by atoms with Gasteiger partial charge in [-0.05, 0) is 18.6 Å².